The lowest BCUT2D eigenvalue weighted by atomic mass is 10.0. The molecule has 0 saturated carbocycles. The second-order valence-corrected chi connectivity index (χ2v) is 6.72. The maximum Gasteiger partial charge on any atom is 0.335 e. The summed E-state index contributed by atoms with van der Waals surface area (Å²) in [5.74, 6) is -0.668. The summed E-state index contributed by atoms with van der Waals surface area (Å²) in [5.41, 5.74) is 9.89. The Kier molecular flexibility index (Phi) is 5.23. The van der Waals surface area contributed by atoms with E-state index < -0.39 is 5.97 Å². The highest BCUT2D eigenvalue weighted by Crippen LogP contribution is 2.31. The summed E-state index contributed by atoms with van der Waals surface area (Å²) in [6, 6.07) is 12.3. The zero-order chi connectivity index (χ0) is 21.1. The first kappa shape index (κ1) is 19.3. The number of aromatic amines is 1. The molecule has 0 spiro atoms. The van der Waals surface area contributed by atoms with Crippen molar-refractivity contribution in [3.63, 3.8) is 0 Å². The topological polar surface area (TPSA) is 134 Å². The van der Waals surface area contributed by atoms with E-state index in [9.17, 15) is 9.59 Å². The predicted molar refractivity (Wildman–Crippen MR) is 114 cm³/mol. The van der Waals surface area contributed by atoms with Crippen LogP contribution in [0.2, 0.25) is 0 Å². The smallest absolute Gasteiger partial charge is 0.335 e. The van der Waals surface area contributed by atoms with Crippen molar-refractivity contribution in [3.05, 3.63) is 66.6 Å². The van der Waals surface area contributed by atoms with Crippen LogP contribution in [0.1, 0.15) is 16.8 Å². The molecule has 8 nitrogen and oxygen atoms in total. The number of H-pyrrole nitrogens is 1. The molecule has 3 heterocycles. The number of carboxylic acid groups (broad SMARTS) is 1. The quantitative estimate of drug-likeness (QED) is 0.392. The molecule has 8 heteroatoms. The van der Waals surface area contributed by atoms with Crippen LogP contribution < -0.4 is 11.1 Å². The Morgan fingerprint density at radius 2 is 1.73 bits per heavy atom. The Balaban J connectivity index is 1.64. The Bertz CT molecular complexity index is 1210. The molecule has 1 amide bonds. The van der Waals surface area contributed by atoms with Gasteiger partial charge in [0.25, 0.3) is 0 Å². The summed E-state index contributed by atoms with van der Waals surface area (Å²) in [6.07, 6.45) is 5.52. The average molecular weight is 401 g/mol. The van der Waals surface area contributed by atoms with Crippen molar-refractivity contribution in [3.8, 4) is 22.3 Å². The molecule has 0 atom stereocenters. The standard InChI is InChI=1S/C22H19N5O3/c23-8-7-20(28)27-19-6-5-15(10-24-19)16-9-17-18(12-26-21(17)25-11-16)13-1-3-14(4-2-13)22(29)30/h1-6,9-12H,7-8,23H2,(H,25,26)(H,29,30)(H,24,27,28). The van der Waals surface area contributed by atoms with E-state index in [2.05, 4.69) is 20.3 Å². The molecule has 0 radical (unpaired) electrons. The van der Waals surface area contributed by atoms with Crippen molar-refractivity contribution in [2.45, 2.75) is 6.42 Å². The molecule has 30 heavy (non-hydrogen) atoms. The van der Waals surface area contributed by atoms with Crippen LogP contribution >= 0.6 is 0 Å². The number of carboxylic acids is 1. The van der Waals surface area contributed by atoms with Gasteiger partial charge in [0, 0.05) is 53.6 Å². The van der Waals surface area contributed by atoms with E-state index >= 15 is 0 Å². The first-order valence-electron chi connectivity index (χ1n) is 9.32. The molecule has 0 aliphatic carbocycles. The van der Waals surface area contributed by atoms with Crippen molar-refractivity contribution < 1.29 is 14.7 Å². The summed E-state index contributed by atoms with van der Waals surface area (Å²) in [6.45, 7) is 0.285. The number of carbonyl (C=O) groups excluding carboxylic acids is 1. The Hall–Kier alpha value is -4.04. The summed E-state index contributed by atoms with van der Waals surface area (Å²) >= 11 is 0. The van der Waals surface area contributed by atoms with E-state index in [0.717, 1.165) is 33.3 Å². The highest BCUT2D eigenvalue weighted by molar-refractivity contribution is 5.96. The second-order valence-electron chi connectivity index (χ2n) is 6.72. The highest BCUT2D eigenvalue weighted by Gasteiger charge is 2.11. The van der Waals surface area contributed by atoms with Gasteiger partial charge in [-0.3, -0.25) is 4.79 Å². The van der Waals surface area contributed by atoms with Crippen LogP contribution in [-0.4, -0.2) is 38.5 Å². The summed E-state index contributed by atoms with van der Waals surface area (Å²) in [7, 11) is 0. The number of anilines is 1. The molecule has 0 aliphatic heterocycles. The van der Waals surface area contributed by atoms with Gasteiger partial charge in [-0.15, -0.1) is 0 Å². The molecule has 1 aromatic carbocycles. The van der Waals surface area contributed by atoms with Gasteiger partial charge in [-0.2, -0.15) is 0 Å². The predicted octanol–water partition coefficient (Wildman–Crippen LogP) is 3.28. The van der Waals surface area contributed by atoms with Crippen molar-refractivity contribution in [1.29, 1.82) is 0 Å². The normalized spacial score (nSPS) is 10.8. The van der Waals surface area contributed by atoms with Gasteiger partial charge < -0.3 is 21.1 Å². The van der Waals surface area contributed by atoms with E-state index in [-0.39, 0.29) is 24.4 Å². The third-order valence-electron chi connectivity index (χ3n) is 4.71. The molecule has 0 bridgehead atoms. The van der Waals surface area contributed by atoms with E-state index in [1.54, 1.807) is 42.7 Å². The molecule has 4 aromatic rings. The van der Waals surface area contributed by atoms with Crippen LogP contribution in [-0.2, 0) is 4.79 Å². The molecule has 4 rings (SSSR count). The molecule has 0 fully saturated rings. The number of nitrogens with zero attached hydrogens (tertiary/aromatic N) is 2. The van der Waals surface area contributed by atoms with Gasteiger partial charge in [0.05, 0.1) is 5.56 Å². The number of fused-ring (bicyclic) bond motifs is 1. The minimum atomic E-state index is -0.959. The van der Waals surface area contributed by atoms with Crippen LogP contribution in [0.3, 0.4) is 0 Å². The summed E-state index contributed by atoms with van der Waals surface area (Å²) in [5, 5.41) is 12.7. The molecule has 5 N–H and O–H groups in total. The fourth-order valence-electron chi connectivity index (χ4n) is 3.17. The number of rotatable bonds is 6. The maximum atomic E-state index is 11.6. The van der Waals surface area contributed by atoms with E-state index in [0.29, 0.717) is 5.82 Å². The fraction of sp³-hybridized carbons (Fsp3) is 0.0909. The van der Waals surface area contributed by atoms with Gasteiger partial charge in [0.1, 0.15) is 11.5 Å². The molecule has 0 saturated heterocycles. The van der Waals surface area contributed by atoms with Crippen molar-refractivity contribution in [2.75, 3.05) is 11.9 Å². The monoisotopic (exact) mass is 401 g/mol. The van der Waals surface area contributed by atoms with Gasteiger partial charge in [0.2, 0.25) is 5.91 Å². The van der Waals surface area contributed by atoms with Crippen molar-refractivity contribution >= 4 is 28.7 Å². The maximum absolute atomic E-state index is 11.6. The van der Waals surface area contributed by atoms with Gasteiger partial charge in [-0.1, -0.05) is 12.1 Å². The van der Waals surface area contributed by atoms with Crippen LogP contribution in [0.5, 0.6) is 0 Å². The fourth-order valence-corrected chi connectivity index (χ4v) is 3.17. The number of hydrogen-bond donors (Lipinski definition) is 4. The van der Waals surface area contributed by atoms with Gasteiger partial charge in [-0.25, -0.2) is 14.8 Å². The Labute approximate surface area is 171 Å². The number of aromatic carboxylic acids is 1. The first-order valence-corrected chi connectivity index (χ1v) is 9.32. The zero-order valence-electron chi connectivity index (χ0n) is 15.9. The van der Waals surface area contributed by atoms with Gasteiger partial charge >= 0.3 is 5.97 Å². The second kappa shape index (κ2) is 8.14. The van der Waals surface area contributed by atoms with Gasteiger partial charge in [0.15, 0.2) is 0 Å². The summed E-state index contributed by atoms with van der Waals surface area (Å²) < 4.78 is 0. The molecule has 0 unspecified atom stereocenters. The largest absolute Gasteiger partial charge is 0.478 e. The number of nitrogens with two attached hydrogens (primary N) is 1. The number of hydrogen-bond acceptors (Lipinski definition) is 5. The van der Waals surface area contributed by atoms with E-state index in [1.165, 1.54) is 0 Å². The van der Waals surface area contributed by atoms with E-state index in [1.807, 2.05) is 18.3 Å². The number of amides is 1. The zero-order valence-corrected chi connectivity index (χ0v) is 15.9. The van der Waals surface area contributed by atoms with Crippen molar-refractivity contribution in [1.82, 2.24) is 15.0 Å². The Morgan fingerprint density at radius 3 is 2.40 bits per heavy atom. The third kappa shape index (κ3) is 3.89. The average Bonchev–Trinajstić information content (AvgIpc) is 3.18. The number of benzene rings is 1. The molecule has 0 aliphatic rings. The lowest BCUT2D eigenvalue weighted by Gasteiger charge is -2.06. The highest BCUT2D eigenvalue weighted by atomic mass is 16.4. The molecule has 3 aromatic heterocycles. The molecular weight excluding hydrogens is 382 g/mol. The first-order chi connectivity index (χ1) is 14.5. The van der Waals surface area contributed by atoms with Crippen molar-refractivity contribution in [2.24, 2.45) is 5.73 Å². The van der Waals surface area contributed by atoms with Crippen LogP contribution in [0.4, 0.5) is 5.82 Å². The molecule has 150 valence electrons. The minimum Gasteiger partial charge on any atom is -0.478 e. The molecular formula is C22H19N5O3. The lowest BCUT2D eigenvalue weighted by Crippen LogP contribution is -2.16. The van der Waals surface area contributed by atoms with E-state index in [4.69, 9.17) is 10.8 Å². The third-order valence-corrected chi connectivity index (χ3v) is 4.71. The number of carbonyl (C=O) groups is 2. The van der Waals surface area contributed by atoms with Crippen LogP contribution in [0.25, 0.3) is 33.3 Å². The number of pyridine rings is 2. The van der Waals surface area contributed by atoms with Gasteiger partial charge in [-0.05, 0) is 35.9 Å². The number of nitrogens with one attached hydrogen (secondary N) is 2. The lowest BCUT2D eigenvalue weighted by molar-refractivity contribution is -0.116. The Morgan fingerprint density at radius 1 is 1.00 bits per heavy atom. The van der Waals surface area contributed by atoms with Crippen LogP contribution in [0.15, 0.2) is 61.1 Å². The minimum absolute atomic E-state index is 0.174. The SMILES string of the molecule is NCCC(=O)Nc1ccc(-c2cnc3[nH]cc(-c4ccc(C(=O)O)cc4)c3c2)cn1. The van der Waals surface area contributed by atoms with Crippen LogP contribution in [0, 0.1) is 0 Å². The number of aromatic nitrogens is 3. The summed E-state index contributed by atoms with van der Waals surface area (Å²) in [4.78, 5) is 34.6.